The maximum absolute atomic E-state index is 12.2. The summed E-state index contributed by atoms with van der Waals surface area (Å²) in [5.41, 5.74) is 4.22. The molecule has 1 aromatic heterocycles. The highest BCUT2D eigenvalue weighted by atomic mass is 16.2. The summed E-state index contributed by atoms with van der Waals surface area (Å²) in [6.07, 6.45) is 6.38. The van der Waals surface area contributed by atoms with Gasteiger partial charge in [0.15, 0.2) is 5.96 Å². The quantitative estimate of drug-likeness (QED) is 0.403. The second kappa shape index (κ2) is 11.7. The number of imidazole rings is 1. The van der Waals surface area contributed by atoms with Gasteiger partial charge in [0, 0.05) is 51.7 Å². The lowest BCUT2D eigenvalue weighted by Crippen LogP contribution is -2.38. The molecule has 7 heteroatoms. The second-order valence-corrected chi connectivity index (χ2v) is 7.82. The molecule has 7 nitrogen and oxygen atoms in total. The van der Waals surface area contributed by atoms with E-state index in [1.54, 1.807) is 25.2 Å². The molecule has 0 atom stereocenters. The van der Waals surface area contributed by atoms with Crippen molar-refractivity contribution in [2.24, 2.45) is 4.99 Å². The van der Waals surface area contributed by atoms with Crippen LogP contribution in [0.2, 0.25) is 0 Å². The first kappa shape index (κ1) is 23.1. The van der Waals surface area contributed by atoms with Crippen molar-refractivity contribution in [3.63, 3.8) is 0 Å². The minimum absolute atomic E-state index is 0.0192. The monoisotopic (exact) mass is 432 g/mol. The lowest BCUT2D eigenvalue weighted by Gasteiger charge is -2.13. The van der Waals surface area contributed by atoms with E-state index in [0.29, 0.717) is 12.1 Å². The Kier molecular flexibility index (Phi) is 8.43. The molecule has 0 aliphatic heterocycles. The Morgan fingerprint density at radius 3 is 2.53 bits per heavy atom. The van der Waals surface area contributed by atoms with E-state index in [1.165, 1.54) is 5.56 Å². The van der Waals surface area contributed by atoms with E-state index < -0.39 is 0 Å². The van der Waals surface area contributed by atoms with Gasteiger partial charge in [-0.2, -0.15) is 0 Å². The molecular weight excluding hydrogens is 400 g/mol. The molecule has 2 aromatic carbocycles. The van der Waals surface area contributed by atoms with E-state index in [4.69, 9.17) is 4.99 Å². The summed E-state index contributed by atoms with van der Waals surface area (Å²) in [5, 5.41) is 6.68. The van der Waals surface area contributed by atoms with Crippen molar-refractivity contribution in [3.8, 4) is 0 Å². The minimum atomic E-state index is 0.0192. The second-order valence-electron chi connectivity index (χ2n) is 7.82. The lowest BCUT2D eigenvalue weighted by molar-refractivity contribution is 0.0827. The van der Waals surface area contributed by atoms with Crippen LogP contribution in [-0.4, -0.2) is 53.5 Å². The van der Waals surface area contributed by atoms with Gasteiger partial charge in [-0.05, 0) is 42.2 Å². The van der Waals surface area contributed by atoms with Gasteiger partial charge in [0.1, 0.15) is 0 Å². The summed E-state index contributed by atoms with van der Waals surface area (Å²) < 4.78 is 2.05. The number of aromatic nitrogens is 2. The molecule has 3 aromatic rings. The number of nitrogens with one attached hydrogen (secondary N) is 2. The molecule has 32 heavy (non-hydrogen) atoms. The Labute approximate surface area is 190 Å². The molecule has 0 bridgehead atoms. The first-order chi connectivity index (χ1) is 15.5. The number of guanidine groups is 1. The average Bonchev–Trinajstić information content (AvgIpc) is 3.31. The van der Waals surface area contributed by atoms with Crippen LogP contribution in [-0.2, 0) is 19.5 Å². The van der Waals surface area contributed by atoms with E-state index in [0.717, 1.165) is 43.1 Å². The van der Waals surface area contributed by atoms with Crippen LogP contribution in [0.15, 0.2) is 72.2 Å². The summed E-state index contributed by atoms with van der Waals surface area (Å²) in [6, 6.07) is 16.3. The largest absolute Gasteiger partial charge is 0.357 e. The van der Waals surface area contributed by atoms with Crippen molar-refractivity contribution in [3.05, 3.63) is 89.5 Å². The van der Waals surface area contributed by atoms with Crippen LogP contribution in [0.3, 0.4) is 0 Å². The van der Waals surface area contributed by atoms with Gasteiger partial charge in [-0.3, -0.25) is 4.79 Å². The van der Waals surface area contributed by atoms with Crippen LogP contribution in [0.1, 0.15) is 34.0 Å². The summed E-state index contributed by atoms with van der Waals surface area (Å²) in [6.45, 7) is 5.00. The molecule has 3 rings (SSSR count). The third-order valence-corrected chi connectivity index (χ3v) is 5.00. The van der Waals surface area contributed by atoms with Crippen molar-refractivity contribution in [1.82, 2.24) is 25.1 Å². The summed E-state index contributed by atoms with van der Waals surface area (Å²) in [4.78, 5) is 22.5. The predicted octanol–water partition coefficient (Wildman–Crippen LogP) is 2.93. The van der Waals surface area contributed by atoms with E-state index in [1.807, 2.05) is 41.4 Å². The van der Waals surface area contributed by atoms with Crippen LogP contribution >= 0.6 is 0 Å². The smallest absolute Gasteiger partial charge is 0.253 e. The number of aliphatic imine (C=N–C) groups is 1. The molecule has 0 fully saturated rings. The van der Waals surface area contributed by atoms with Crippen LogP contribution in [0.25, 0.3) is 0 Å². The first-order valence-electron chi connectivity index (χ1n) is 10.9. The van der Waals surface area contributed by atoms with Gasteiger partial charge >= 0.3 is 0 Å². The van der Waals surface area contributed by atoms with Crippen LogP contribution in [0.5, 0.6) is 0 Å². The standard InChI is InChI=1S/C25H32N6O/c1-4-27-25(28-13-12-20-6-5-7-23(16-20)24(32)30(2)3)29-17-21-8-10-22(11-9-21)18-31-15-14-26-19-31/h5-11,14-16,19H,4,12-13,17-18H2,1-3H3,(H2,27,28,29). The zero-order valence-corrected chi connectivity index (χ0v) is 19.1. The van der Waals surface area contributed by atoms with Crippen LogP contribution in [0, 0.1) is 0 Å². The predicted molar refractivity (Wildman–Crippen MR) is 129 cm³/mol. The van der Waals surface area contributed by atoms with Crippen molar-refractivity contribution < 1.29 is 4.79 Å². The molecule has 0 unspecified atom stereocenters. The molecular formula is C25H32N6O. The fourth-order valence-electron chi connectivity index (χ4n) is 3.30. The molecule has 168 valence electrons. The maximum Gasteiger partial charge on any atom is 0.253 e. The summed E-state index contributed by atoms with van der Waals surface area (Å²) in [5.74, 6) is 0.807. The highest BCUT2D eigenvalue weighted by molar-refractivity contribution is 5.94. The van der Waals surface area contributed by atoms with E-state index in [2.05, 4.69) is 46.8 Å². The first-order valence-corrected chi connectivity index (χ1v) is 10.9. The third kappa shape index (κ3) is 6.97. The van der Waals surface area contributed by atoms with Crippen LogP contribution < -0.4 is 10.6 Å². The highest BCUT2D eigenvalue weighted by Crippen LogP contribution is 2.09. The van der Waals surface area contributed by atoms with Gasteiger partial charge in [-0.25, -0.2) is 9.98 Å². The fourth-order valence-corrected chi connectivity index (χ4v) is 3.30. The van der Waals surface area contributed by atoms with Crippen molar-refractivity contribution in [2.45, 2.75) is 26.4 Å². The number of carbonyl (C=O) groups excluding carboxylic acids is 1. The number of benzene rings is 2. The molecule has 1 heterocycles. The number of rotatable bonds is 9. The average molecular weight is 433 g/mol. The fraction of sp³-hybridized carbons (Fsp3) is 0.320. The SMILES string of the molecule is CCNC(=NCc1ccc(Cn2ccnc2)cc1)NCCc1cccc(C(=O)N(C)C)c1. The molecule has 0 spiro atoms. The number of amides is 1. The molecule has 0 saturated heterocycles. The molecule has 2 N–H and O–H groups in total. The van der Waals surface area contributed by atoms with E-state index in [-0.39, 0.29) is 5.91 Å². The molecule has 0 saturated carbocycles. The Hall–Kier alpha value is -3.61. The zero-order chi connectivity index (χ0) is 22.8. The zero-order valence-electron chi connectivity index (χ0n) is 19.1. The van der Waals surface area contributed by atoms with Gasteiger partial charge in [-0.1, -0.05) is 36.4 Å². The number of hydrogen-bond donors (Lipinski definition) is 2. The van der Waals surface area contributed by atoms with Crippen molar-refractivity contribution in [2.75, 3.05) is 27.2 Å². The molecule has 0 aliphatic rings. The molecule has 0 radical (unpaired) electrons. The van der Waals surface area contributed by atoms with E-state index >= 15 is 0 Å². The number of nitrogens with zero attached hydrogens (tertiary/aromatic N) is 4. The Bertz CT molecular complexity index is 1010. The van der Waals surface area contributed by atoms with Gasteiger partial charge in [0.05, 0.1) is 12.9 Å². The van der Waals surface area contributed by atoms with Crippen LogP contribution in [0.4, 0.5) is 0 Å². The van der Waals surface area contributed by atoms with Gasteiger partial charge in [0.25, 0.3) is 5.91 Å². The normalized spacial score (nSPS) is 11.3. The lowest BCUT2D eigenvalue weighted by atomic mass is 10.1. The number of hydrogen-bond acceptors (Lipinski definition) is 3. The molecule has 0 aliphatic carbocycles. The van der Waals surface area contributed by atoms with Gasteiger partial charge < -0.3 is 20.1 Å². The van der Waals surface area contributed by atoms with Gasteiger partial charge in [-0.15, -0.1) is 0 Å². The Morgan fingerprint density at radius 1 is 1.06 bits per heavy atom. The maximum atomic E-state index is 12.2. The van der Waals surface area contributed by atoms with Gasteiger partial charge in [0.2, 0.25) is 0 Å². The van der Waals surface area contributed by atoms with Crippen molar-refractivity contribution >= 4 is 11.9 Å². The third-order valence-electron chi connectivity index (χ3n) is 5.00. The Balaban J connectivity index is 1.52. The topological polar surface area (TPSA) is 74.5 Å². The summed E-state index contributed by atoms with van der Waals surface area (Å²) in [7, 11) is 3.53. The molecule has 1 amide bonds. The highest BCUT2D eigenvalue weighted by Gasteiger charge is 2.08. The Morgan fingerprint density at radius 2 is 1.84 bits per heavy atom. The van der Waals surface area contributed by atoms with Crippen molar-refractivity contribution in [1.29, 1.82) is 0 Å². The summed E-state index contributed by atoms with van der Waals surface area (Å²) >= 11 is 0. The van der Waals surface area contributed by atoms with E-state index in [9.17, 15) is 4.79 Å². The number of carbonyl (C=O) groups is 1. The minimum Gasteiger partial charge on any atom is -0.357 e.